The number of fused-ring (bicyclic) bond motifs is 1. The molecule has 1 aliphatic heterocycles. The Balaban J connectivity index is 1.23. The standard InChI is InChI=1S/C22H25N7O2S/c1-15-12-19(27-26-15)25-21-14-28(13-20-23-10-11-29(20)21)32-18-8-6-16(7-9-18)24-22(30)31-17-4-2-3-5-17/h6-12,14,17H,2-5,13H2,1H3,(H,24,30)(H2,25,26,27). The summed E-state index contributed by atoms with van der Waals surface area (Å²) in [4.78, 5) is 17.6. The van der Waals surface area contributed by atoms with Gasteiger partial charge in [0.2, 0.25) is 0 Å². The molecule has 3 heterocycles. The molecule has 0 radical (unpaired) electrons. The van der Waals surface area contributed by atoms with Crippen molar-refractivity contribution in [2.75, 3.05) is 10.6 Å². The molecule has 0 saturated heterocycles. The number of imidazole rings is 1. The van der Waals surface area contributed by atoms with Crippen LogP contribution in [0, 0.1) is 6.92 Å². The van der Waals surface area contributed by atoms with E-state index in [2.05, 4.69) is 30.1 Å². The minimum atomic E-state index is -0.382. The molecule has 0 bridgehead atoms. The molecule has 1 fully saturated rings. The third kappa shape index (κ3) is 4.75. The van der Waals surface area contributed by atoms with E-state index >= 15 is 0 Å². The second kappa shape index (κ2) is 8.99. The fourth-order valence-electron chi connectivity index (χ4n) is 3.86. The summed E-state index contributed by atoms with van der Waals surface area (Å²) in [5.74, 6) is 2.55. The Kier molecular flexibility index (Phi) is 5.76. The maximum Gasteiger partial charge on any atom is 0.411 e. The van der Waals surface area contributed by atoms with Crippen molar-refractivity contribution >= 4 is 35.4 Å². The van der Waals surface area contributed by atoms with Crippen molar-refractivity contribution in [2.24, 2.45) is 0 Å². The maximum atomic E-state index is 12.1. The SMILES string of the molecule is Cc1cc(NC2=CN(Sc3ccc(NC(=O)OC4CCCC4)cc3)Cc3nccn32)n[nH]1. The van der Waals surface area contributed by atoms with Crippen molar-refractivity contribution in [1.29, 1.82) is 0 Å². The van der Waals surface area contributed by atoms with Crippen LogP contribution in [-0.2, 0) is 11.3 Å². The highest BCUT2D eigenvalue weighted by atomic mass is 32.2. The predicted molar refractivity (Wildman–Crippen MR) is 124 cm³/mol. The van der Waals surface area contributed by atoms with Gasteiger partial charge in [-0.3, -0.25) is 15.0 Å². The topological polar surface area (TPSA) is 100 Å². The molecule has 2 aromatic heterocycles. The molecule has 3 aromatic rings. The van der Waals surface area contributed by atoms with Gasteiger partial charge in [0.1, 0.15) is 17.7 Å². The van der Waals surface area contributed by atoms with Crippen molar-refractivity contribution in [2.45, 2.75) is 50.2 Å². The molecular weight excluding hydrogens is 426 g/mol. The van der Waals surface area contributed by atoms with Gasteiger partial charge in [0, 0.05) is 34.7 Å². The molecule has 2 aliphatic rings. The lowest BCUT2D eigenvalue weighted by atomic mass is 10.3. The molecule has 5 rings (SSSR count). The molecular formula is C22H25N7O2S. The van der Waals surface area contributed by atoms with Crippen LogP contribution < -0.4 is 10.6 Å². The molecule has 1 saturated carbocycles. The molecule has 10 heteroatoms. The van der Waals surface area contributed by atoms with Crippen molar-refractivity contribution in [3.05, 3.63) is 60.4 Å². The van der Waals surface area contributed by atoms with Crippen LogP contribution >= 0.6 is 11.9 Å². The molecule has 3 N–H and O–H groups in total. The third-order valence-corrected chi connectivity index (χ3v) is 6.35. The Morgan fingerprint density at radius 1 is 1.25 bits per heavy atom. The summed E-state index contributed by atoms with van der Waals surface area (Å²) < 4.78 is 9.59. The Bertz CT molecular complexity index is 1120. The van der Waals surface area contributed by atoms with E-state index in [1.165, 1.54) is 0 Å². The number of hydrogen-bond acceptors (Lipinski definition) is 7. The summed E-state index contributed by atoms with van der Waals surface area (Å²) in [6.45, 7) is 2.63. The Morgan fingerprint density at radius 2 is 2.06 bits per heavy atom. The smallest absolute Gasteiger partial charge is 0.411 e. The molecule has 9 nitrogen and oxygen atoms in total. The highest BCUT2D eigenvalue weighted by molar-refractivity contribution is 7.97. The van der Waals surface area contributed by atoms with Crippen LogP contribution in [0.1, 0.15) is 37.2 Å². The number of aromatic amines is 1. The molecule has 0 unspecified atom stereocenters. The summed E-state index contributed by atoms with van der Waals surface area (Å²) in [6.07, 6.45) is 9.61. The second-order valence-corrected chi connectivity index (χ2v) is 9.04. The van der Waals surface area contributed by atoms with Crippen LogP contribution in [0.2, 0.25) is 0 Å². The summed E-state index contributed by atoms with van der Waals surface area (Å²) >= 11 is 1.60. The normalized spacial score (nSPS) is 15.9. The van der Waals surface area contributed by atoms with E-state index in [-0.39, 0.29) is 12.2 Å². The van der Waals surface area contributed by atoms with E-state index < -0.39 is 0 Å². The summed E-state index contributed by atoms with van der Waals surface area (Å²) in [5, 5.41) is 13.4. The van der Waals surface area contributed by atoms with Gasteiger partial charge in [0.15, 0.2) is 5.82 Å². The first-order valence-electron chi connectivity index (χ1n) is 10.7. The van der Waals surface area contributed by atoms with Gasteiger partial charge in [-0.2, -0.15) is 5.10 Å². The van der Waals surface area contributed by atoms with E-state index in [1.54, 1.807) is 18.1 Å². The first-order chi connectivity index (χ1) is 15.6. The van der Waals surface area contributed by atoms with Crippen LogP contribution in [0.25, 0.3) is 5.82 Å². The zero-order valence-electron chi connectivity index (χ0n) is 17.7. The number of amides is 1. The summed E-state index contributed by atoms with van der Waals surface area (Å²) in [5.41, 5.74) is 1.71. The lowest BCUT2D eigenvalue weighted by Crippen LogP contribution is -2.23. The lowest BCUT2D eigenvalue weighted by Gasteiger charge is -2.26. The van der Waals surface area contributed by atoms with Crippen molar-refractivity contribution < 1.29 is 9.53 Å². The molecule has 0 spiro atoms. The minimum absolute atomic E-state index is 0.0523. The van der Waals surface area contributed by atoms with Gasteiger partial charge in [-0.25, -0.2) is 9.78 Å². The number of H-pyrrole nitrogens is 1. The number of nitrogens with zero attached hydrogens (tertiary/aromatic N) is 4. The molecule has 1 amide bonds. The largest absolute Gasteiger partial charge is 0.446 e. The number of carbonyl (C=O) groups is 1. The van der Waals surface area contributed by atoms with Crippen LogP contribution in [-0.4, -0.2) is 36.3 Å². The van der Waals surface area contributed by atoms with Gasteiger partial charge >= 0.3 is 6.09 Å². The van der Waals surface area contributed by atoms with Gasteiger partial charge < -0.3 is 14.4 Å². The number of nitrogens with one attached hydrogen (secondary N) is 3. The second-order valence-electron chi connectivity index (χ2n) is 7.92. The number of hydrogen-bond donors (Lipinski definition) is 3. The van der Waals surface area contributed by atoms with Crippen molar-refractivity contribution in [3.8, 4) is 0 Å². The van der Waals surface area contributed by atoms with Crippen LogP contribution in [0.5, 0.6) is 0 Å². The molecule has 32 heavy (non-hydrogen) atoms. The monoisotopic (exact) mass is 451 g/mol. The van der Waals surface area contributed by atoms with E-state index in [0.29, 0.717) is 6.54 Å². The fraction of sp³-hybridized carbons (Fsp3) is 0.318. The van der Waals surface area contributed by atoms with Crippen molar-refractivity contribution in [1.82, 2.24) is 24.1 Å². The van der Waals surface area contributed by atoms with Crippen LogP contribution in [0.4, 0.5) is 16.3 Å². The van der Waals surface area contributed by atoms with Gasteiger partial charge in [0.25, 0.3) is 0 Å². The molecule has 0 atom stereocenters. The summed E-state index contributed by atoms with van der Waals surface area (Å²) in [6, 6.07) is 9.69. The number of carbonyl (C=O) groups excluding carboxylic acids is 1. The zero-order valence-corrected chi connectivity index (χ0v) is 18.6. The number of aromatic nitrogens is 4. The highest BCUT2D eigenvalue weighted by Crippen LogP contribution is 2.31. The van der Waals surface area contributed by atoms with Gasteiger partial charge in [-0.05, 0) is 68.8 Å². The summed E-state index contributed by atoms with van der Waals surface area (Å²) in [7, 11) is 0. The number of ether oxygens (including phenoxy) is 1. The van der Waals surface area contributed by atoms with E-state index in [9.17, 15) is 4.79 Å². The Labute approximate surface area is 190 Å². The van der Waals surface area contributed by atoms with E-state index in [4.69, 9.17) is 4.74 Å². The zero-order chi connectivity index (χ0) is 21.9. The first-order valence-corrected chi connectivity index (χ1v) is 11.5. The van der Waals surface area contributed by atoms with E-state index in [0.717, 1.165) is 59.4 Å². The highest BCUT2D eigenvalue weighted by Gasteiger charge is 2.20. The third-order valence-electron chi connectivity index (χ3n) is 5.40. The lowest BCUT2D eigenvalue weighted by molar-refractivity contribution is 0.114. The number of anilines is 2. The number of rotatable bonds is 6. The minimum Gasteiger partial charge on any atom is -0.446 e. The maximum absolute atomic E-state index is 12.1. The molecule has 1 aromatic carbocycles. The Hall–Kier alpha value is -3.40. The van der Waals surface area contributed by atoms with E-state index in [1.807, 2.05) is 54.2 Å². The van der Waals surface area contributed by atoms with Crippen LogP contribution in [0.3, 0.4) is 0 Å². The Morgan fingerprint density at radius 3 is 2.81 bits per heavy atom. The quantitative estimate of drug-likeness (QED) is 0.463. The molecule has 1 aliphatic carbocycles. The van der Waals surface area contributed by atoms with Gasteiger partial charge in [0.05, 0.1) is 12.7 Å². The van der Waals surface area contributed by atoms with Crippen molar-refractivity contribution in [3.63, 3.8) is 0 Å². The first kappa shape index (κ1) is 20.5. The molecule has 166 valence electrons. The average molecular weight is 452 g/mol. The van der Waals surface area contributed by atoms with Gasteiger partial charge in [-0.15, -0.1) is 0 Å². The predicted octanol–water partition coefficient (Wildman–Crippen LogP) is 4.80. The van der Waals surface area contributed by atoms with Gasteiger partial charge in [-0.1, -0.05) is 0 Å². The number of aryl methyl sites for hydroxylation is 1. The number of benzene rings is 1. The average Bonchev–Trinajstić information content (AvgIpc) is 3.52. The van der Waals surface area contributed by atoms with Crippen LogP contribution in [0.15, 0.2) is 53.8 Å². The fourth-order valence-corrected chi connectivity index (χ4v) is 4.72.